The van der Waals surface area contributed by atoms with Crippen LogP contribution in [0, 0.1) is 12.3 Å². The lowest BCUT2D eigenvalue weighted by atomic mass is 9.73. The molecule has 1 aliphatic heterocycles. The van der Waals surface area contributed by atoms with Gasteiger partial charge in [-0.1, -0.05) is 17.7 Å². The van der Waals surface area contributed by atoms with Gasteiger partial charge in [-0.05, 0) is 61.4 Å². The predicted molar refractivity (Wildman–Crippen MR) is 125 cm³/mol. The Morgan fingerprint density at radius 2 is 2.00 bits per heavy atom. The average Bonchev–Trinajstić information content (AvgIpc) is 3.48. The number of nitrogens with two attached hydrogens (primary N) is 1. The molecule has 0 aromatic carbocycles. The van der Waals surface area contributed by atoms with E-state index < -0.39 is 0 Å². The number of aromatic nitrogens is 4. The van der Waals surface area contributed by atoms with Gasteiger partial charge in [0, 0.05) is 31.0 Å². The number of aryl methyl sites for hydroxylation is 1. The van der Waals surface area contributed by atoms with E-state index >= 15 is 0 Å². The predicted octanol–water partition coefficient (Wildman–Crippen LogP) is 4.66. The molecule has 4 aromatic heterocycles. The first kappa shape index (κ1) is 19.2. The lowest BCUT2D eigenvalue weighted by Gasteiger charge is -2.42. The van der Waals surface area contributed by atoms with Crippen molar-refractivity contribution in [3.05, 3.63) is 64.0 Å². The summed E-state index contributed by atoms with van der Waals surface area (Å²) in [7, 11) is 0. The zero-order valence-corrected chi connectivity index (χ0v) is 18.8. The fourth-order valence-corrected chi connectivity index (χ4v) is 6.46. The summed E-state index contributed by atoms with van der Waals surface area (Å²) in [5, 5.41) is 4.62. The van der Waals surface area contributed by atoms with Crippen LogP contribution in [0.3, 0.4) is 0 Å². The summed E-state index contributed by atoms with van der Waals surface area (Å²) in [6.07, 6.45) is 6.77. The average molecular weight is 451 g/mol. The molecule has 31 heavy (non-hydrogen) atoms. The van der Waals surface area contributed by atoms with E-state index in [0.29, 0.717) is 0 Å². The molecular formula is C23H23ClN6S. The highest BCUT2D eigenvalue weighted by atomic mass is 35.5. The van der Waals surface area contributed by atoms with Gasteiger partial charge in [0.2, 0.25) is 0 Å². The Morgan fingerprint density at radius 1 is 1.16 bits per heavy atom. The van der Waals surface area contributed by atoms with E-state index in [0.717, 1.165) is 64.3 Å². The van der Waals surface area contributed by atoms with Crippen LogP contribution in [0.4, 0.5) is 5.82 Å². The Balaban J connectivity index is 1.32. The number of piperidine rings is 1. The summed E-state index contributed by atoms with van der Waals surface area (Å²) in [5.74, 6) is 0.999. The standard InChI is InChI=1S/C23H23ClN6S/c1-14-20(18-4-5-19(24)31-18)30-17(6-10-27-30)22(28-14)29-11-7-23(8-12-29)13-16-15(21(23)25)3-2-9-26-16/h2-6,9-10,21H,7-8,11-13,25H2,1H3/t21-/m1/s1. The van der Waals surface area contributed by atoms with Gasteiger partial charge in [-0.3, -0.25) is 4.98 Å². The van der Waals surface area contributed by atoms with E-state index in [1.807, 2.05) is 48.1 Å². The molecule has 2 N–H and O–H groups in total. The molecule has 1 aliphatic carbocycles. The molecule has 0 bridgehead atoms. The summed E-state index contributed by atoms with van der Waals surface area (Å²) in [4.78, 5) is 13.1. The van der Waals surface area contributed by atoms with Crippen molar-refractivity contribution in [2.75, 3.05) is 18.0 Å². The van der Waals surface area contributed by atoms with E-state index in [-0.39, 0.29) is 11.5 Å². The van der Waals surface area contributed by atoms with Gasteiger partial charge >= 0.3 is 0 Å². The smallest absolute Gasteiger partial charge is 0.155 e. The van der Waals surface area contributed by atoms with E-state index in [4.69, 9.17) is 22.3 Å². The number of nitrogens with zero attached hydrogens (tertiary/aromatic N) is 5. The molecule has 0 saturated carbocycles. The van der Waals surface area contributed by atoms with Crippen molar-refractivity contribution in [3.63, 3.8) is 0 Å². The zero-order chi connectivity index (χ0) is 21.2. The van der Waals surface area contributed by atoms with Crippen molar-refractivity contribution in [1.29, 1.82) is 0 Å². The van der Waals surface area contributed by atoms with Crippen LogP contribution in [0.2, 0.25) is 4.34 Å². The van der Waals surface area contributed by atoms with Crippen LogP contribution in [0.1, 0.15) is 35.8 Å². The Bertz CT molecular complexity index is 1290. The van der Waals surface area contributed by atoms with Gasteiger partial charge in [0.1, 0.15) is 11.2 Å². The van der Waals surface area contributed by atoms with Crippen molar-refractivity contribution in [1.82, 2.24) is 19.6 Å². The first-order valence-electron chi connectivity index (χ1n) is 10.6. The molecule has 5 heterocycles. The highest BCUT2D eigenvalue weighted by Gasteiger charge is 2.46. The molecule has 1 fully saturated rings. The minimum atomic E-state index is 0.0639. The fourth-order valence-electron chi connectivity index (χ4n) is 5.34. The topological polar surface area (TPSA) is 72.3 Å². The van der Waals surface area contributed by atoms with Crippen molar-refractivity contribution in [2.45, 2.75) is 32.2 Å². The molecule has 0 amide bonds. The largest absolute Gasteiger partial charge is 0.355 e. The molecule has 1 saturated heterocycles. The van der Waals surface area contributed by atoms with Crippen LogP contribution in [0.25, 0.3) is 16.1 Å². The van der Waals surface area contributed by atoms with Gasteiger partial charge in [0.25, 0.3) is 0 Å². The highest BCUT2D eigenvalue weighted by molar-refractivity contribution is 7.19. The summed E-state index contributed by atoms with van der Waals surface area (Å²) in [5.41, 5.74) is 12.2. The maximum atomic E-state index is 6.73. The van der Waals surface area contributed by atoms with E-state index in [1.54, 1.807) is 11.3 Å². The lowest BCUT2D eigenvalue weighted by Crippen LogP contribution is -2.44. The number of hydrogen-bond donors (Lipinski definition) is 1. The number of anilines is 1. The molecule has 0 unspecified atom stereocenters. The second kappa shape index (κ2) is 7.02. The van der Waals surface area contributed by atoms with Crippen LogP contribution in [-0.4, -0.2) is 32.7 Å². The van der Waals surface area contributed by atoms with Gasteiger partial charge in [-0.2, -0.15) is 5.10 Å². The summed E-state index contributed by atoms with van der Waals surface area (Å²) < 4.78 is 2.77. The molecule has 1 spiro atoms. The number of pyridine rings is 1. The molecule has 2 aliphatic rings. The van der Waals surface area contributed by atoms with Crippen LogP contribution in [-0.2, 0) is 6.42 Å². The zero-order valence-electron chi connectivity index (χ0n) is 17.3. The Labute approximate surface area is 189 Å². The Morgan fingerprint density at radius 3 is 2.74 bits per heavy atom. The maximum absolute atomic E-state index is 6.73. The quantitative estimate of drug-likeness (QED) is 0.481. The van der Waals surface area contributed by atoms with Gasteiger partial charge < -0.3 is 10.6 Å². The molecule has 8 heteroatoms. The normalized spacial score (nSPS) is 20.0. The molecule has 6 rings (SSSR count). The maximum Gasteiger partial charge on any atom is 0.155 e. The first-order chi connectivity index (χ1) is 15.1. The fraction of sp³-hybridized carbons (Fsp3) is 0.348. The summed E-state index contributed by atoms with van der Waals surface area (Å²) in [6, 6.07) is 10.2. The third-order valence-electron chi connectivity index (χ3n) is 7.01. The van der Waals surface area contributed by atoms with Crippen LogP contribution in [0.15, 0.2) is 42.7 Å². The monoisotopic (exact) mass is 450 g/mol. The van der Waals surface area contributed by atoms with Crippen molar-refractivity contribution < 1.29 is 0 Å². The van der Waals surface area contributed by atoms with Gasteiger partial charge in [-0.15, -0.1) is 11.3 Å². The first-order valence-corrected chi connectivity index (χ1v) is 11.8. The molecule has 6 nitrogen and oxygen atoms in total. The summed E-state index contributed by atoms with van der Waals surface area (Å²) >= 11 is 7.74. The SMILES string of the molecule is Cc1nc(N2CCC3(CC2)Cc2ncccc2[C@H]3N)c2ccnn2c1-c1ccc(Cl)s1. The number of rotatable bonds is 2. The molecule has 1 atom stereocenters. The number of halogens is 1. The van der Waals surface area contributed by atoms with Crippen LogP contribution >= 0.6 is 22.9 Å². The summed E-state index contributed by atoms with van der Waals surface area (Å²) in [6.45, 7) is 3.91. The molecule has 0 radical (unpaired) electrons. The van der Waals surface area contributed by atoms with Crippen LogP contribution < -0.4 is 10.6 Å². The second-order valence-corrected chi connectivity index (χ2v) is 10.4. The number of hydrogen-bond acceptors (Lipinski definition) is 6. The highest BCUT2D eigenvalue weighted by Crippen LogP contribution is 2.50. The molecular weight excluding hydrogens is 428 g/mol. The van der Waals surface area contributed by atoms with E-state index in [1.165, 1.54) is 11.3 Å². The minimum absolute atomic E-state index is 0.0639. The van der Waals surface area contributed by atoms with Crippen LogP contribution in [0.5, 0.6) is 0 Å². The van der Waals surface area contributed by atoms with E-state index in [9.17, 15) is 0 Å². The van der Waals surface area contributed by atoms with Crippen molar-refractivity contribution in [2.24, 2.45) is 11.1 Å². The van der Waals surface area contributed by atoms with Gasteiger partial charge in [0.05, 0.1) is 21.1 Å². The van der Waals surface area contributed by atoms with E-state index in [2.05, 4.69) is 21.0 Å². The number of thiophene rings is 1. The van der Waals surface area contributed by atoms with Gasteiger partial charge in [-0.25, -0.2) is 9.50 Å². The van der Waals surface area contributed by atoms with Gasteiger partial charge in [0.15, 0.2) is 5.82 Å². The minimum Gasteiger partial charge on any atom is -0.355 e. The Hall–Kier alpha value is -2.48. The third-order valence-corrected chi connectivity index (χ3v) is 8.24. The third kappa shape index (κ3) is 2.91. The molecule has 158 valence electrons. The lowest BCUT2D eigenvalue weighted by molar-refractivity contribution is 0.187. The van der Waals surface area contributed by atoms with Crippen molar-refractivity contribution in [3.8, 4) is 10.6 Å². The molecule has 4 aromatic rings. The Kier molecular flexibility index (Phi) is 4.35. The van der Waals surface area contributed by atoms with Crippen molar-refractivity contribution >= 4 is 34.3 Å². The number of fused-ring (bicyclic) bond motifs is 2. The second-order valence-electron chi connectivity index (χ2n) is 8.64.